The number of benzene rings is 1. The van der Waals surface area contributed by atoms with Crippen LogP contribution < -0.4 is 61.6 Å². The van der Waals surface area contributed by atoms with Gasteiger partial charge in [0.2, 0.25) is 0 Å². The third kappa shape index (κ3) is 5.09. The Kier molecular flexibility index (Phi) is 5.87. The van der Waals surface area contributed by atoms with Crippen molar-refractivity contribution in [2.75, 3.05) is 0 Å². The molecule has 1 aromatic carbocycles. The summed E-state index contributed by atoms with van der Waals surface area (Å²) in [7, 11) is 0. The molecule has 0 atom stereocenters. The number of rotatable bonds is 2. The second-order valence-corrected chi connectivity index (χ2v) is 2.66. The zero-order valence-electron chi connectivity index (χ0n) is 8.06. The number of ether oxygens (including phenoxy) is 1. The summed E-state index contributed by atoms with van der Waals surface area (Å²) in [6.45, 7) is -5.52. The van der Waals surface area contributed by atoms with Gasteiger partial charge in [0.1, 0.15) is 5.75 Å². The van der Waals surface area contributed by atoms with Gasteiger partial charge in [-0.25, -0.2) is 0 Å². The van der Waals surface area contributed by atoms with Gasteiger partial charge < -0.3 is 17.7 Å². The van der Waals surface area contributed by atoms with Crippen LogP contribution in [0.5, 0.6) is 5.75 Å². The van der Waals surface area contributed by atoms with Gasteiger partial charge in [-0.15, -0.1) is 13.2 Å². The van der Waals surface area contributed by atoms with Crippen LogP contribution in [0.4, 0.5) is 26.1 Å². The van der Waals surface area contributed by atoms with Crippen LogP contribution in [0.25, 0.3) is 0 Å². The van der Waals surface area contributed by atoms with Gasteiger partial charge in [0, 0.05) is 0 Å². The Hall–Kier alpha value is 0.301. The van der Waals surface area contributed by atoms with E-state index in [0.717, 1.165) is 12.1 Å². The average molecular weight is 268 g/mol. The van der Waals surface area contributed by atoms with E-state index in [1.54, 1.807) is 0 Å². The molecule has 0 aromatic heterocycles. The molecular formula is C7H4BF6KO. The summed E-state index contributed by atoms with van der Waals surface area (Å²) < 4.78 is 75.2. The van der Waals surface area contributed by atoms with Crippen molar-refractivity contribution in [3.8, 4) is 5.75 Å². The molecule has 0 N–H and O–H groups in total. The van der Waals surface area contributed by atoms with E-state index in [4.69, 9.17) is 0 Å². The molecule has 0 amide bonds. The molecule has 0 spiro atoms. The maximum Gasteiger partial charge on any atom is 1.00 e. The second-order valence-electron chi connectivity index (χ2n) is 2.66. The Balaban J connectivity index is 0.00000225. The SMILES string of the molecule is F[B-](F)(F)c1ccccc1OC(F)(F)F.[K+]. The molecule has 0 aliphatic carbocycles. The quantitative estimate of drug-likeness (QED) is 0.526. The van der Waals surface area contributed by atoms with E-state index in [1.807, 2.05) is 0 Å². The van der Waals surface area contributed by atoms with Crippen molar-refractivity contribution < 1.29 is 82.2 Å². The molecule has 84 valence electrons. The van der Waals surface area contributed by atoms with E-state index in [-0.39, 0.29) is 51.4 Å². The third-order valence-electron chi connectivity index (χ3n) is 1.50. The zero-order chi connectivity index (χ0) is 11.7. The molecule has 0 heterocycles. The van der Waals surface area contributed by atoms with Gasteiger partial charge in [0.05, 0.1) is 0 Å². The molecule has 1 nitrogen and oxygen atoms in total. The molecule has 0 fully saturated rings. The van der Waals surface area contributed by atoms with Crippen molar-refractivity contribution in [2.45, 2.75) is 6.36 Å². The van der Waals surface area contributed by atoms with E-state index in [9.17, 15) is 26.1 Å². The molecular weight excluding hydrogens is 264 g/mol. The minimum absolute atomic E-state index is 0. The first-order valence-corrected chi connectivity index (χ1v) is 3.75. The molecule has 0 saturated carbocycles. The van der Waals surface area contributed by atoms with Gasteiger partial charge in [-0.2, -0.15) is 0 Å². The summed E-state index contributed by atoms with van der Waals surface area (Å²) in [5.41, 5.74) is -1.39. The number of hydrogen-bond donors (Lipinski definition) is 0. The fourth-order valence-electron chi connectivity index (χ4n) is 0.969. The molecule has 0 aliphatic heterocycles. The third-order valence-corrected chi connectivity index (χ3v) is 1.50. The maximum absolute atomic E-state index is 12.2. The molecule has 0 aliphatic rings. The van der Waals surface area contributed by atoms with Crippen molar-refractivity contribution >= 4 is 12.4 Å². The van der Waals surface area contributed by atoms with Gasteiger partial charge in [-0.1, -0.05) is 23.7 Å². The van der Waals surface area contributed by atoms with Crippen LogP contribution in [0, 0.1) is 0 Å². The van der Waals surface area contributed by atoms with Crippen molar-refractivity contribution in [1.82, 2.24) is 0 Å². The first kappa shape index (κ1) is 16.3. The summed E-state index contributed by atoms with van der Waals surface area (Å²) in [6.07, 6.45) is -5.13. The van der Waals surface area contributed by atoms with Crippen LogP contribution in [0.1, 0.15) is 0 Å². The minimum Gasteiger partial charge on any atom is -0.445 e. The molecule has 0 saturated heterocycles. The van der Waals surface area contributed by atoms with Crippen LogP contribution in [-0.4, -0.2) is 13.3 Å². The Morgan fingerprint density at radius 1 is 1.00 bits per heavy atom. The van der Waals surface area contributed by atoms with E-state index in [2.05, 4.69) is 4.74 Å². The van der Waals surface area contributed by atoms with Gasteiger partial charge in [-0.05, 0) is 6.07 Å². The van der Waals surface area contributed by atoms with Crippen LogP contribution in [0.3, 0.4) is 0 Å². The number of halogens is 6. The second kappa shape index (κ2) is 5.76. The first-order chi connectivity index (χ1) is 6.70. The van der Waals surface area contributed by atoms with Crippen molar-refractivity contribution in [3.63, 3.8) is 0 Å². The van der Waals surface area contributed by atoms with E-state index >= 15 is 0 Å². The average Bonchev–Trinajstić information content (AvgIpc) is 1.99. The van der Waals surface area contributed by atoms with Crippen molar-refractivity contribution in [3.05, 3.63) is 24.3 Å². The molecule has 0 radical (unpaired) electrons. The topological polar surface area (TPSA) is 9.23 Å². The first-order valence-electron chi connectivity index (χ1n) is 3.75. The van der Waals surface area contributed by atoms with Crippen LogP contribution in [0.2, 0.25) is 0 Å². The Morgan fingerprint density at radius 2 is 1.50 bits per heavy atom. The number of para-hydroxylation sites is 1. The number of alkyl halides is 3. The summed E-state index contributed by atoms with van der Waals surface area (Å²) in [5, 5.41) is 0. The Labute approximate surface area is 130 Å². The predicted molar refractivity (Wildman–Crippen MR) is 41.8 cm³/mol. The van der Waals surface area contributed by atoms with Gasteiger partial charge in [-0.3, -0.25) is 0 Å². The van der Waals surface area contributed by atoms with Crippen molar-refractivity contribution in [1.29, 1.82) is 0 Å². The summed E-state index contributed by atoms with van der Waals surface area (Å²) in [5.74, 6) is -1.22. The smallest absolute Gasteiger partial charge is 0.445 e. The fraction of sp³-hybridized carbons (Fsp3) is 0.143. The maximum atomic E-state index is 12.2. The van der Waals surface area contributed by atoms with E-state index in [1.165, 1.54) is 0 Å². The zero-order valence-corrected chi connectivity index (χ0v) is 11.2. The van der Waals surface area contributed by atoms with Crippen LogP contribution >= 0.6 is 0 Å². The molecule has 9 heteroatoms. The fourth-order valence-corrected chi connectivity index (χ4v) is 0.969. The minimum atomic E-state index is -5.52. The standard InChI is InChI=1S/C7H4BF6O.K/c9-7(10,11)15-6-4-2-1-3-5(6)8(12,13)14;/h1-4H;/q-1;+1. The Morgan fingerprint density at radius 3 is 1.94 bits per heavy atom. The molecule has 1 rings (SSSR count). The summed E-state index contributed by atoms with van der Waals surface area (Å²) in [6, 6.07) is 3.19. The molecule has 0 unspecified atom stereocenters. The van der Waals surface area contributed by atoms with E-state index < -0.39 is 24.6 Å². The van der Waals surface area contributed by atoms with Crippen molar-refractivity contribution in [2.24, 2.45) is 0 Å². The van der Waals surface area contributed by atoms with Crippen LogP contribution in [0.15, 0.2) is 24.3 Å². The molecule has 1 aromatic rings. The summed E-state index contributed by atoms with van der Waals surface area (Å²) in [4.78, 5) is 0. The normalized spacial score (nSPS) is 11.9. The monoisotopic (exact) mass is 268 g/mol. The van der Waals surface area contributed by atoms with Crippen LogP contribution in [-0.2, 0) is 0 Å². The van der Waals surface area contributed by atoms with Gasteiger partial charge in [0.15, 0.2) is 0 Å². The largest absolute Gasteiger partial charge is 1.00 e. The molecule has 0 bridgehead atoms. The summed E-state index contributed by atoms with van der Waals surface area (Å²) >= 11 is 0. The van der Waals surface area contributed by atoms with Gasteiger partial charge in [0.25, 0.3) is 0 Å². The Bertz CT molecular complexity index is 349. The van der Waals surface area contributed by atoms with Gasteiger partial charge >= 0.3 is 64.7 Å². The molecule has 16 heavy (non-hydrogen) atoms. The number of hydrogen-bond acceptors (Lipinski definition) is 1. The van der Waals surface area contributed by atoms with E-state index in [0.29, 0.717) is 12.1 Å². The predicted octanol–water partition coefficient (Wildman–Crippen LogP) is -0.356.